The number of hydrogen-bond donors (Lipinski definition) is 1. The SMILES string of the molecule is COC(=O)C1=C(C)NC2=C(C(=O)c3ccccc32)[C@@H]1c1ccc(OCc2cccc(F)c2)c(Cl)c1. The fourth-order valence-electron chi connectivity index (χ4n) is 4.64. The summed E-state index contributed by atoms with van der Waals surface area (Å²) in [6.07, 6.45) is 0. The topological polar surface area (TPSA) is 64.6 Å². The molecule has 1 N–H and O–H groups in total. The fourth-order valence-corrected chi connectivity index (χ4v) is 4.89. The summed E-state index contributed by atoms with van der Waals surface area (Å²) in [5, 5.41) is 3.56. The average molecular weight is 490 g/mol. The Balaban J connectivity index is 1.54. The number of methoxy groups -OCH3 is 1. The molecule has 5 nitrogen and oxygen atoms in total. The van der Waals surface area contributed by atoms with Crippen LogP contribution in [0.3, 0.4) is 0 Å². The molecule has 0 saturated heterocycles. The summed E-state index contributed by atoms with van der Waals surface area (Å²) in [5.74, 6) is -1.29. The maximum atomic E-state index is 13.5. The van der Waals surface area contributed by atoms with Crippen LogP contribution < -0.4 is 10.1 Å². The van der Waals surface area contributed by atoms with E-state index in [-0.39, 0.29) is 18.2 Å². The predicted molar refractivity (Wildman–Crippen MR) is 130 cm³/mol. The molecule has 3 aromatic rings. The molecule has 0 saturated carbocycles. The van der Waals surface area contributed by atoms with Gasteiger partial charge in [-0.25, -0.2) is 9.18 Å². The molecule has 1 heterocycles. The molecule has 0 unspecified atom stereocenters. The van der Waals surface area contributed by atoms with Crippen molar-refractivity contribution in [2.75, 3.05) is 7.11 Å². The Hall–Kier alpha value is -3.90. The third-order valence-electron chi connectivity index (χ3n) is 6.23. The first kappa shape index (κ1) is 22.9. The number of nitrogens with one attached hydrogen (secondary N) is 1. The summed E-state index contributed by atoms with van der Waals surface area (Å²) in [7, 11) is 1.31. The predicted octanol–water partition coefficient (Wildman–Crippen LogP) is 5.80. The zero-order chi connectivity index (χ0) is 24.7. The zero-order valence-corrected chi connectivity index (χ0v) is 19.8. The van der Waals surface area contributed by atoms with Crippen molar-refractivity contribution in [2.24, 2.45) is 0 Å². The molecule has 1 aliphatic carbocycles. The van der Waals surface area contributed by atoms with Gasteiger partial charge in [-0.2, -0.15) is 0 Å². The summed E-state index contributed by atoms with van der Waals surface area (Å²) >= 11 is 6.56. The molecule has 35 heavy (non-hydrogen) atoms. The van der Waals surface area contributed by atoms with Gasteiger partial charge in [0.15, 0.2) is 5.78 Å². The van der Waals surface area contributed by atoms with E-state index in [4.69, 9.17) is 21.1 Å². The van der Waals surface area contributed by atoms with E-state index in [1.165, 1.54) is 19.2 Å². The molecule has 0 amide bonds. The Labute approximate surface area is 206 Å². The fraction of sp³-hybridized carbons (Fsp3) is 0.143. The van der Waals surface area contributed by atoms with Gasteiger partial charge < -0.3 is 14.8 Å². The van der Waals surface area contributed by atoms with Crippen LogP contribution in [0.15, 0.2) is 83.6 Å². The van der Waals surface area contributed by atoms with Crippen molar-refractivity contribution in [1.82, 2.24) is 5.32 Å². The Morgan fingerprint density at radius 3 is 2.54 bits per heavy atom. The largest absolute Gasteiger partial charge is 0.487 e. The van der Waals surface area contributed by atoms with Crippen molar-refractivity contribution >= 4 is 29.1 Å². The second kappa shape index (κ2) is 9.04. The van der Waals surface area contributed by atoms with Gasteiger partial charge in [-0.3, -0.25) is 4.79 Å². The van der Waals surface area contributed by atoms with Crippen LogP contribution in [0.5, 0.6) is 5.75 Å². The maximum Gasteiger partial charge on any atom is 0.336 e. The Morgan fingerprint density at radius 1 is 1.06 bits per heavy atom. The van der Waals surface area contributed by atoms with Crippen LogP contribution in [0, 0.1) is 5.82 Å². The lowest BCUT2D eigenvalue weighted by Gasteiger charge is -2.29. The summed E-state index contributed by atoms with van der Waals surface area (Å²) in [6, 6.07) is 18.6. The average Bonchev–Trinajstić information content (AvgIpc) is 3.13. The number of rotatable bonds is 5. The lowest BCUT2D eigenvalue weighted by atomic mass is 9.80. The van der Waals surface area contributed by atoms with Gasteiger partial charge in [0, 0.05) is 28.3 Å². The standard InChI is InChI=1S/C28H21ClFNO4/c1-15-23(28(33)34-2)24(25-26(31-15)19-8-3-4-9-20(19)27(25)32)17-10-11-22(21(29)13-17)35-14-16-6-5-7-18(30)12-16/h3-13,24,31H,14H2,1-2H3/t24-/m1/s1. The molecule has 0 aromatic heterocycles. The Kier molecular flexibility index (Phi) is 5.91. The number of halogens is 2. The molecule has 0 radical (unpaired) electrons. The molecular formula is C28H21ClFNO4. The molecule has 1 atom stereocenters. The van der Waals surface area contributed by atoms with Crippen molar-refractivity contribution in [2.45, 2.75) is 19.4 Å². The van der Waals surface area contributed by atoms with Gasteiger partial charge >= 0.3 is 5.97 Å². The van der Waals surface area contributed by atoms with Crippen molar-refractivity contribution in [3.05, 3.63) is 117 Å². The van der Waals surface area contributed by atoms with Crippen LogP contribution in [-0.2, 0) is 16.1 Å². The monoisotopic (exact) mass is 489 g/mol. The molecule has 176 valence electrons. The first-order chi connectivity index (χ1) is 16.9. The molecule has 0 fully saturated rings. The minimum absolute atomic E-state index is 0.139. The number of fused-ring (bicyclic) bond motifs is 2. The van der Waals surface area contributed by atoms with E-state index in [2.05, 4.69) is 5.32 Å². The highest BCUT2D eigenvalue weighted by atomic mass is 35.5. The van der Waals surface area contributed by atoms with Crippen LogP contribution >= 0.6 is 11.6 Å². The van der Waals surface area contributed by atoms with Crippen molar-refractivity contribution in [3.8, 4) is 5.75 Å². The first-order valence-corrected chi connectivity index (χ1v) is 11.4. The van der Waals surface area contributed by atoms with E-state index in [0.717, 1.165) is 5.56 Å². The van der Waals surface area contributed by atoms with Crippen LogP contribution in [0.2, 0.25) is 5.02 Å². The quantitative estimate of drug-likeness (QED) is 0.459. The van der Waals surface area contributed by atoms with Crippen LogP contribution in [0.25, 0.3) is 5.70 Å². The zero-order valence-electron chi connectivity index (χ0n) is 19.0. The highest BCUT2D eigenvalue weighted by molar-refractivity contribution is 6.32. The van der Waals surface area contributed by atoms with E-state index >= 15 is 0 Å². The van der Waals surface area contributed by atoms with Gasteiger partial charge in [-0.15, -0.1) is 0 Å². The van der Waals surface area contributed by atoms with Gasteiger partial charge in [0.2, 0.25) is 0 Å². The molecule has 0 bridgehead atoms. The van der Waals surface area contributed by atoms with Crippen LogP contribution in [0.1, 0.15) is 39.9 Å². The number of allylic oxidation sites excluding steroid dienone is 2. The number of benzene rings is 3. The number of carbonyl (C=O) groups is 2. The van der Waals surface area contributed by atoms with E-state index in [0.29, 0.717) is 50.0 Å². The molecule has 1 aliphatic heterocycles. The Morgan fingerprint density at radius 2 is 1.83 bits per heavy atom. The van der Waals surface area contributed by atoms with Crippen molar-refractivity contribution in [3.63, 3.8) is 0 Å². The molecule has 5 rings (SSSR count). The van der Waals surface area contributed by atoms with Gasteiger partial charge in [0.25, 0.3) is 0 Å². The summed E-state index contributed by atoms with van der Waals surface area (Å²) in [4.78, 5) is 26.3. The minimum atomic E-state index is -0.673. The van der Waals surface area contributed by atoms with E-state index < -0.39 is 11.9 Å². The third kappa shape index (κ3) is 4.00. The second-order valence-corrected chi connectivity index (χ2v) is 8.77. The first-order valence-electron chi connectivity index (χ1n) is 11.0. The summed E-state index contributed by atoms with van der Waals surface area (Å²) < 4.78 is 24.3. The van der Waals surface area contributed by atoms with E-state index in [9.17, 15) is 14.0 Å². The normalized spacial score (nSPS) is 16.6. The summed E-state index contributed by atoms with van der Waals surface area (Å²) in [5.41, 5.74) is 4.80. The number of esters is 1. The molecule has 2 aliphatic rings. The minimum Gasteiger partial charge on any atom is -0.487 e. The van der Waals surface area contributed by atoms with Crippen molar-refractivity contribution < 1.29 is 23.5 Å². The molecule has 7 heteroatoms. The smallest absolute Gasteiger partial charge is 0.336 e. The lowest BCUT2D eigenvalue weighted by Crippen LogP contribution is -2.29. The van der Waals surface area contributed by atoms with E-state index in [1.807, 2.05) is 18.2 Å². The highest BCUT2D eigenvalue weighted by Crippen LogP contribution is 2.47. The van der Waals surface area contributed by atoms with Gasteiger partial charge in [-0.1, -0.05) is 54.1 Å². The number of hydrogen-bond acceptors (Lipinski definition) is 5. The molecule has 0 spiro atoms. The van der Waals surface area contributed by atoms with E-state index in [1.54, 1.807) is 43.3 Å². The number of ether oxygens (including phenoxy) is 2. The van der Waals surface area contributed by atoms with Crippen LogP contribution in [0.4, 0.5) is 4.39 Å². The Bertz CT molecular complexity index is 1440. The maximum absolute atomic E-state index is 13.5. The van der Waals surface area contributed by atoms with Gasteiger partial charge in [-0.05, 0) is 42.3 Å². The summed E-state index contributed by atoms with van der Waals surface area (Å²) in [6.45, 7) is 1.92. The number of ketones is 1. The lowest BCUT2D eigenvalue weighted by molar-refractivity contribution is -0.136. The molecular weight excluding hydrogens is 469 g/mol. The van der Waals surface area contributed by atoms with Gasteiger partial charge in [0.1, 0.15) is 18.2 Å². The number of carbonyl (C=O) groups excluding carboxylic acids is 2. The van der Waals surface area contributed by atoms with Crippen molar-refractivity contribution in [1.29, 1.82) is 0 Å². The highest BCUT2D eigenvalue weighted by Gasteiger charge is 2.42. The number of dihydropyridines is 1. The third-order valence-corrected chi connectivity index (χ3v) is 6.52. The van der Waals surface area contributed by atoms with Crippen LogP contribution in [-0.4, -0.2) is 18.9 Å². The molecule has 3 aromatic carbocycles. The van der Waals surface area contributed by atoms with Gasteiger partial charge in [0.05, 0.1) is 23.4 Å². The second-order valence-electron chi connectivity index (χ2n) is 8.36. The number of Topliss-reactive ketones (excluding diaryl/α,β-unsaturated/α-hetero) is 1.